The molecule has 2 unspecified atom stereocenters. The van der Waals surface area contributed by atoms with Crippen LogP contribution in [-0.4, -0.2) is 47.4 Å². The Labute approximate surface area is 431 Å². The monoisotopic (exact) mass is 972 g/mol. The van der Waals surface area contributed by atoms with Gasteiger partial charge in [-0.1, -0.05) is 295 Å². The minimum atomic E-state index is -0.850. The molecule has 6 nitrogen and oxygen atoms in total. The lowest BCUT2D eigenvalue weighted by atomic mass is 10.0. The average Bonchev–Trinajstić information content (AvgIpc) is 3.35. The first-order chi connectivity index (χ1) is 34.0. The van der Waals surface area contributed by atoms with Crippen LogP contribution >= 0.6 is 0 Å². The summed E-state index contributed by atoms with van der Waals surface area (Å²) < 4.78 is 5.49. The fourth-order valence-corrected chi connectivity index (χ4v) is 9.69. The third-order valence-electron chi connectivity index (χ3n) is 14.5. The molecule has 2 atom stereocenters. The number of rotatable bonds is 58. The Morgan fingerprint density at radius 3 is 1.03 bits per heavy atom. The van der Waals surface area contributed by atoms with Crippen molar-refractivity contribution in [2.24, 2.45) is 0 Å². The van der Waals surface area contributed by atoms with Crippen molar-refractivity contribution in [3.8, 4) is 0 Å². The maximum Gasteiger partial charge on any atom is 0.305 e. The van der Waals surface area contributed by atoms with Crippen LogP contribution in [0.15, 0.2) is 24.3 Å². The van der Waals surface area contributed by atoms with Crippen molar-refractivity contribution in [2.45, 2.75) is 353 Å². The molecule has 0 fully saturated rings. The quantitative estimate of drug-likeness (QED) is 0.0321. The Morgan fingerprint density at radius 2 is 0.681 bits per heavy atom. The van der Waals surface area contributed by atoms with Crippen LogP contribution in [0.2, 0.25) is 0 Å². The number of aliphatic hydroxyl groups is 2. The van der Waals surface area contributed by atoms with Crippen LogP contribution in [0.4, 0.5) is 0 Å². The zero-order valence-corrected chi connectivity index (χ0v) is 46.6. The maximum atomic E-state index is 12.5. The molecule has 0 radical (unpaired) electrons. The molecular formula is C63H121NO5. The van der Waals surface area contributed by atoms with Crippen LogP contribution in [-0.2, 0) is 14.3 Å². The van der Waals surface area contributed by atoms with Gasteiger partial charge in [-0.3, -0.25) is 9.59 Å². The fourth-order valence-electron chi connectivity index (χ4n) is 9.69. The van der Waals surface area contributed by atoms with Crippen LogP contribution in [0.5, 0.6) is 0 Å². The zero-order valence-electron chi connectivity index (χ0n) is 46.6. The van der Waals surface area contributed by atoms with E-state index in [1.54, 1.807) is 6.08 Å². The van der Waals surface area contributed by atoms with Gasteiger partial charge in [0.2, 0.25) is 5.91 Å². The van der Waals surface area contributed by atoms with E-state index in [1.165, 1.54) is 270 Å². The SMILES string of the molecule is CCCCCCCCCCCCCCCC/C=C/C(O)C(CO)NC(=O)CCCCCCCCC/C=C\CCCCCCCCCCOC(=O)CCCCCCCCCCCCCCCCCCC. The third kappa shape index (κ3) is 55.5. The number of esters is 1. The van der Waals surface area contributed by atoms with Gasteiger partial charge in [-0.2, -0.15) is 0 Å². The third-order valence-corrected chi connectivity index (χ3v) is 14.5. The summed E-state index contributed by atoms with van der Waals surface area (Å²) in [6.45, 7) is 4.92. The number of hydrogen-bond donors (Lipinski definition) is 3. The van der Waals surface area contributed by atoms with Gasteiger partial charge in [-0.15, -0.1) is 0 Å². The fraction of sp³-hybridized carbons (Fsp3) is 0.905. The van der Waals surface area contributed by atoms with Gasteiger partial charge in [0.15, 0.2) is 0 Å². The van der Waals surface area contributed by atoms with Gasteiger partial charge < -0.3 is 20.3 Å². The number of amides is 1. The number of aliphatic hydroxyl groups excluding tert-OH is 2. The van der Waals surface area contributed by atoms with Crippen molar-refractivity contribution in [3.05, 3.63) is 24.3 Å². The van der Waals surface area contributed by atoms with Crippen LogP contribution in [0.3, 0.4) is 0 Å². The Morgan fingerprint density at radius 1 is 0.391 bits per heavy atom. The van der Waals surface area contributed by atoms with Crippen LogP contribution in [0, 0.1) is 0 Å². The van der Waals surface area contributed by atoms with Crippen LogP contribution < -0.4 is 5.32 Å². The second-order valence-electron chi connectivity index (χ2n) is 21.4. The molecule has 0 aliphatic carbocycles. The number of unbranched alkanes of at least 4 members (excludes halogenated alkanes) is 45. The normalized spacial score (nSPS) is 12.7. The van der Waals surface area contributed by atoms with E-state index in [0.29, 0.717) is 19.4 Å². The number of allylic oxidation sites excluding steroid dienone is 3. The molecule has 0 aromatic heterocycles. The molecule has 0 spiro atoms. The highest BCUT2D eigenvalue weighted by Gasteiger charge is 2.18. The summed E-state index contributed by atoms with van der Waals surface area (Å²) in [5.74, 6) is -0.0681. The molecule has 0 saturated heterocycles. The van der Waals surface area contributed by atoms with E-state index in [4.69, 9.17) is 4.74 Å². The van der Waals surface area contributed by atoms with Crippen LogP contribution in [0.25, 0.3) is 0 Å². The molecule has 0 saturated carbocycles. The van der Waals surface area contributed by atoms with Crippen LogP contribution in [0.1, 0.15) is 341 Å². The molecule has 0 aliphatic heterocycles. The molecular weight excluding hydrogens is 851 g/mol. The van der Waals surface area contributed by atoms with Crippen molar-refractivity contribution < 1.29 is 24.5 Å². The number of hydrogen-bond acceptors (Lipinski definition) is 5. The average molecular weight is 973 g/mol. The molecule has 0 aliphatic rings. The van der Waals surface area contributed by atoms with Crippen molar-refractivity contribution in [2.75, 3.05) is 13.2 Å². The summed E-state index contributed by atoms with van der Waals surface area (Å²) in [7, 11) is 0. The molecule has 0 bridgehead atoms. The van der Waals surface area contributed by atoms with Gasteiger partial charge in [-0.25, -0.2) is 0 Å². The summed E-state index contributed by atoms with van der Waals surface area (Å²) in [5, 5.41) is 23.1. The highest BCUT2D eigenvalue weighted by atomic mass is 16.5. The van der Waals surface area contributed by atoms with Gasteiger partial charge in [-0.05, 0) is 57.8 Å². The van der Waals surface area contributed by atoms with E-state index < -0.39 is 12.1 Å². The first kappa shape index (κ1) is 67.3. The topological polar surface area (TPSA) is 95.9 Å². The first-order valence-corrected chi connectivity index (χ1v) is 31.1. The van der Waals surface area contributed by atoms with E-state index in [-0.39, 0.29) is 18.5 Å². The molecule has 0 rings (SSSR count). The van der Waals surface area contributed by atoms with E-state index in [2.05, 4.69) is 31.3 Å². The summed E-state index contributed by atoms with van der Waals surface area (Å²) in [4.78, 5) is 24.5. The molecule has 69 heavy (non-hydrogen) atoms. The van der Waals surface area contributed by atoms with Gasteiger partial charge in [0.25, 0.3) is 0 Å². The van der Waals surface area contributed by atoms with E-state index >= 15 is 0 Å². The molecule has 0 aromatic rings. The Hall–Kier alpha value is -1.66. The number of carbonyl (C=O) groups is 2. The largest absolute Gasteiger partial charge is 0.466 e. The number of nitrogens with one attached hydrogen (secondary N) is 1. The molecule has 0 aromatic carbocycles. The van der Waals surface area contributed by atoms with Gasteiger partial charge in [0.05, 0.1) is 25.4 Å². The second-order valence-corrected chi connectivity index (χ2v) is 21.4. The number of carbonyl (C=O) groups excluding carboxylic acids is 2. The highest BCUT2D eigenvalue weighted by molar-refractivity contribution is 5.76. The maximum absolute atomic E-state index is 12.5. The van der Waals surface area contributed by atoms with E-state index in [0.717, 1.165) is 44.9 Å². The molecule has 6 heteroatoms. The number of ether oxygens (including phenoxy) is 1. The first-order valence-electron chi connectivity index (χ1n) is 31.1. The van der Waals surface area contributed by atoms with Gasteiger partial charge in [0.1, 0.15) is 0 Å². The second kappa shape index (κ2) is 58.9. The zero-order chi connectivity index (χ0) is 50.0. The standard InChI is InChI=1S/C63H121NO5/c1-3-5-7-9-11-13-15-17-19-24-29-33-37-41-45-49-53-57-63(68)69-58-54-50-46-42-38-34-30-26-23-21-22-25-28-32-36-40-44-48-52-56-62(67)64-60(59-65)61(66)55-51-47-43-39-35-31-27-20-18-16-14-12-10-8-6-4-2/h21-22,51,55,60-61,65-66H,3-20,23-50,52-54,56-59H2,1-2H3,(H,64,67)/b22-21-,55-51+. The minimum absolute atomic E-state index is 0.00751. The van der Waals surface area contributed by atoms with Crippen molar-refractivity contribution in [3.63, 3.8) is 0 Å². The minimum Gasteiger partial charge on any atom is -0.466 e. The van der Waals surface area contributed by atoms with Crippen molar-refractivity contribution in [1.82, 2.24) is 5.32 Å². The molecule has 408 valence electrons. The molecule has 0 heterocycles. The molecule has 1 amide bonds. The predicted molar refractivity (Wildman–Crippen MR) is 301 cm³/mol. The molecule has 3 N–H and O–H groups in total. The highest BCUT2D eigenvalue weighted by Crippen LogP contribution is 2.17. The Bertz CT molecular complexity index is 1080. The van der Waals surface area contributed by atoms with Gasteiger partial charge >= 0.3 is 5.97 Å². The van der Waals surface area contributed by atoms with Gasteiger partial charge in [0, 0.05) is 12.8 Å². The lowest BCUT2D eigenvalue weighted by molar-refractivity contribution is -0.143. The summed E-state index contributed by atoms with van der Waals surface area (Å²) in [5.41, 5.74) is 0. The van der Waals surface area contributed by atoms with E-state index in [9.17, 15) is 19.8 Å². The smallest absolute Gasteiger partial charge is 0.305 e. The summed E-state index contributed by atoms with van der Waals surface area (Å²) >= 11 is 0. The van der Waals surface area contributed by atoms with E-state index in [1.807, 2.05) is 6.08 Å². The summed E-state index contributed by atoms with van der Waals surface area (Å²) in [6, 6.07) is -0.635. The lowest BCUT2D eigenvalue weighted by Crippen LogP contribution is -2.45. The lowest BCUT2D eigenvalue weighted by Gasteiger charge is -2.20. The van der Waals surface area contributed by atoms with Crippen molar-refractivity contribution in [1.29, 1.82) is 0 Å². The predicted octanol–water partition coefficient (Wildman–Crippen LogP) is 19.4. The van der Waals surface area contributed by atoms with Crippen molar-refractivity contribution >= 4 is 11.9 Å². The summed E-state index contributed by atoms with van der Waals surface area (Å²) in [6.07, 6.45) is 72.1. The Balaban J connectivity index is 3.44. The Kier molecular flexibility index (Phi) is 57.5.